The van der Waals surface area contributed by atoms with Crippen LogP contribution in [0.4, 0.5) is 0 Å². The topological polar surface area (TPSA) is 0 Å². The van der Waals surface area contributed by atoms with Gasteiger partial charge in [0.05, 0.1) is 0 Å². The average molecular weight is 323 g/mol. The number of unbranched alkanes of at least 4 members (excludes halogenated alkanes) is 3. The maximum Gasteiger partial charge on any atom is -0.0348 e. The molecule has 0 amide bonds. The zero-order chi connectivity index (χ0) is 17.2. The lowest BCUT2D eigenvalue weighted by Gasteiger charge is -2.15. The zero-order valence-electron chi connectivity index (χ0n) is 16.9. The highest BCUT2D eigenvalue weighted by Crippen LogP contribution is 2.22. The molecule has 23 heavy (non-hydrogen) atoms. The molecule has 0 N–H and O–H groups in total. The Bertz CT molecular complexity index is 240. The Morgan fingerprint density at radius 1 is 0.478 bits per heavy atom. The van der Waals surface area contributed by atoms with Gasteiger partial charge >= 0.3 is 0 Å². The van der Waals surface area contributed by atoms with Gasteiger partial charge in [-0.2, -0.15) is 0 Å². The predicted molar refractivity (Wildman–Crippen MR) is 108 cm³/mol. The van der Waals surface area contributed by atoms with E-state index in [0.29, 0.717) is 0 Å². The lowest BCUT2D eigenvalue weighted by Crippen LogP contribution is -2.00. The second kappa shape index (κ2) is 18.1. The van der Waals surface area contributed by atoms with Crippen molar-refractivity contribution < 1.29 is 0 Å². The molecule has 0 nitrogen and oxygen atoms in total. The number of hydrogen-bond acceptors (Lipinski definition) is 0. The predicted octanol–water partition coefficient (Wildman–Crippen LogP) is 8.71. The Morgan fingerprint density at radius 2 is 0.957 bits per heavy atom. The molecule has 2 unspecified atom stereocenters. The molecule has 0 bridgehead atoms. The van der Waals surface area contributed by atoms with E-state index in [1.54, 1.807) is 0 Å². The summed E-state index contributed by atoms with van der Waals surface area (Å²) in [5.74, 6) is 1.98. The molecule has 0 fully saturated rings. The van der Waals surface area contributed by atoms with Crippen LogP contribution in [0.25, 0.3) is 0 Å². The Kier molecular flexibility index (Phi) is 17.9. The van der Waals surface area contributed by atoms with Crippen LogP contribution < -0.4 is 0 Å². The second-order valence-electron chi connectivity index (χ2n) is 7.57. The lowest BCUT2D eigenvalue weighted by molar-refractivity contribution is 0.392. The third kappa shape index (κ3) is 15.0. The molecular formula is C23H46. The zero-order valence-corrected chi connectivity index (χ0v) is 16.9. The lowest BCUT2D eigenvalue weighted by atomic mass is 9.91. The molecule has 0 spiro atoms. The van der Waals surface area contributed by atoms with Gasteiger partial charge in [-0.05, 0) is 37.5 Å². The molecule has 2 atom stereocenters. The Labute approximate surface area is 148 Å². The molecule has 0 rings (SSSR count). The third-order valence-corrected chi connectivity index (χ3v) is 5.22. The highest BCUT2D eigenvalue weighted by Gasteiger charge is 2.07. The molecule has 0 aromatic carbocycles. The monoisotopic (exact) mass is 322 g/mol. The summed E-state index contributed by atoms with van der Waals surface area (Å²) < 4.78 is 0. The third-order valence-electron chi connectivity index (χ3n) is 5.22. The van der Waals surface area contributed by atoms with Crippen molar-refractivity contribution in [2.45, 2.75) is 124 Å². The van der Waals surface area contributed by atoms with Crippen LogP contribution in [0, 0.1) is 11.8 Å². The summed E-state index contributed by atoms with van der Waals surface area (Å²) in [4.78, 5) is 0. The fraction of sp³-hybridized carbons (Fsp3) is 0.913. The first kappa shape index (κ1) is 22.7. The van der Waals surface area contributed by atoms with Gasteiger partial charge in [0, 0.05) is 0 Å². The van der Waals surface area contributed by atoms with E-state index in [2.05, 4.69) is 39.8 Å². The minimum Gasteiger partial charge on any atom is -0.0885 e. The van der Waals surface area contributed by atoms with E-state index < -0.39 is 0 Å². The number of hydrogen-bond donors (Lipinski definition) is 0. The van der Waals surface area contributed by atoms with Crippen molar-refractivity contribution in [3.63, 3.8) is 0 Å². The average Bonchev–Trinajstić information content (AvgIpc) is 2.56. The van der Waals surface area contributed by atoms with Crippen LogP contribution in [-0.2, 0) is 0 Å². The van der Waals surface area contributed by atoms with E-state index >= 15 is 0 Å². The van der Waals surface area contributed by atoms with Crippen molar-refractivity contribution in [2.24, 2.45) is 11.8 Å². The van der Waals surface area contributed by atoms with Crippen molar-refractivity contribution in [1.82, 2.24) is 0 Å². The van der Waals surface area contributed by atoms with E-state index in [-0.39, 0.29) is 0 Å². The maximum absolute atomic E-state index is 2.47. The Balaban J connectivity index is 3.74. The molecule has 0 saturated heterocycles. The summed E-state index contributed by atoms with van der Waals surface area (Å²) in [5, 5.41) is 0. The molecule has 0 heteroatoms. The summed E-state index contributed by atoms with van der Waals surface area (Å²) in [7, 11) is 0. The molecule has 0 aliphatic carbocycles. The summed E-state index contributed by atoms with van der Waals surface area (Å²) in [6.07, 6.45) is 25.9. The van der Waals surface area contributed by atoms with Crippen LogP contribution in [0.5, 0.6) is 0 Å². The fourth-order valence-electron chi connectivity index (χ4n) is 3.76. The smallest absolute Gasteiger partial charge is 0.0348 e. The molecule has 0 aliphatic heterocycles. The standard InChI is InChI=1S/C23H46/c1-5-9-18-22(16-7-3)20-14-12-11-13-15-21-23(17-8-4)19-10-6-2/h11-12,22-23H,5-10,13-21H2,1-4H3/b12-11+. The van der Waals surface area contributed by atoms with Crippen LogP contribution >= 0.6 is 0 Å². The van der Waals surface area contributed by atoms with Gasteiger partial charge in [0.15, 0.2) is 0 Å². The molecule has 0 aromatic rings. The first-order chi connectivity index (χ1) is 11.3. The van der Waals surface area contributed by atoms with Gasteiger partial charge in [0.2, 0.25) is 0 Å². The van der Waals surface area contributed by atoms with Gasteiger partial charge in [0.1, 0.15) is 0 Å². The van der Waals surface area contributed by atoms with Crippen LogP contribution in [0.1, 0.15) is 124 Å². The van der Waals surface area contributed by atoms with Gasteiger partial charge in [-0.25, -0.2) is 0 Å². The van der Waals surface area contributed by atoms with Crippen molar-refractivity contribution in [1.29, 1.82) is 0 Å². The first-order valence-corrected chi connectivity index (χ1v) is 10.9. The van der Waals surface area contributed by atoms with E-state index in [9.17, 15) is 0 Å². The van der Waals surface area contributed by atoms with Gasteiger partial charge in [-0.3, -0.25) is 0 Å². The normalized spacial score (nSPS) is 14.4. The van der Waals surface area contributed by atoms with E-state index in [1.165, 1.54) is 96.3 Å². The van der Waals surface area contributed by atoms with Crippen LogP contribution in [-0.4, -0.2) is 0 Å². The number of rotatable bonds is 17. The quantitative estimate of drug-likeness (QED) is 0.185. The highest BCUT2D eigenvalue weighted by molar-refractivity contribution is 4.82. The largest absolute Gasteiger partial charge is 0.0885 e. The summed E-state index contributed by atoms with van der Waals surface area (Å²) in [6, 6.07) is 0. The summed E-state index contributed by atoms with van der Waals surface area (Å²) >= 11 is 0. The molecule has 138 valence electrons. The van der Waals surface area contributed by atoms with E-state index in [0.717, 1.165) is 11.8 Å². The van der Waals surface area contributed by atoms with Gasteiger partial charge < -0.3 is 0 Å². The number of allylic oxidation sites excluding steroid dienone is 2. The molecule has 0 radical (unpaired) electrons. The second-order valence-corrected chi connectivity index (χ2v) is 7.57. The van der Waals surface area contributed by atoms with Crippen molar-refractivity contribution in [3.05, 3.63) is 12.2 Å². The molecule has 0 saturated carbocycles. The first-order valence-electron chi connectivity index (χ1n) is 10.9. The van der Waals surface area contributed by atoms with Gasteiger partial charge in [-0.1, -0.05) is 110 Å². The van der Waals surface area contributed by atoms with Crippen molar-refractivity contribution in [3.8, 4) is 0 Å². The molecule has 0 aliphatic rings. The summed E-state index contributed by atoms with van der Waals surface area (Å²) in [6.45, 7) is 9.30. The van der Waals surface area contributed by atoms with E-state index in [1.807, 2.05) is 0 Å². The molecule has 0 aromatic heterocycles. The highest BCUT2D eigenvalue weighted by atomic mass is 14.1. The molecular weight excluding hydrogens is 276 g/mol. The molecule has 0 heterocycles. The van der Waals surface area contributed by atoms with Crippen LogP contribution in [0.15, 0.2) is 12.2 Å². The SMILES string of the molecule is CCCCC(CCC)CC/C=C/CCCC(CCC)CCCC. The van der Waals surface area contributed by atoms with Crippen molar-refractivity contribution in [2.75, 3.05) is 0 Å². The Morgan fingerprint density at radius 3 is 1.48 bits per heavy atom. The van der Waals surface area contributed by atoms with Crippen molar-refractivity contribution >= 4 is 0 Å². The van der Waals surface area contributed by atoms with E-state index in [4.69, 9.17) is 0 Å². The fourth-order valence-corrected chi connectivity index (χ4v) is 3.76. The Hall–Kier alpha value is -0.260. The van der Waals surface area contributed by atoms with Gasteiger partial charge in [-0.15, -0.1) is 0 Å². The van der Waals surface area contributed by atoms with Crippen LogP contribution in [0.2, 0.25) is 0 Å². The minimum atomic E-state index is 0.979. The van der Waals surface area contributed by atoms with Gasteiger partial charge in [0.25, 0.3) is 0 Å². The maximum atomic E-state index is 2.47. The minimum absolute atomic E-state index is 0.979. The van der Waals surface area contributed by atoms with Crippen LogP contribution in [0.3, 0.4) is 0 Å². The summed E-state index contributed by atoms with van der Waals surface area (Å²) in [5.41, 5.74) is 0.